The minimum atomic E-state index is -0.418. The first-order valence-electron chi connectivity index (χ1n) is 6.03. The fourth-order valence-electron chi connectivity index (χ4n) is 2.27. The molecule has 7 heteroatoms. The van der Waals surface area contributed by atoms with Crippen molar-refractivity contribution in [3.63, 3.8) is 0 Å². The quantitative estimate of drug-likeness (QED) is 0.744. The zero-order valence-electron chi connectivity index (χ0n) is 10.4. The van der Waals surface area contributed by atoms with Crippen LogP contribution in [-0.4, -0.2) is 29.7 Å². The Morgan fingerprint density at radius 1 is 1.56 bits per heavy atom. The van der Waals surface area contributed by atoms with E-state index in [-0.39, 0.29) is 6.54 Å². The topological polar surface area (TPSA) is 103 Å². The largest absolute Gasteiger partial charge is 0.370 e. The molecule has 1 aromatic heterocycles. The van der Waals surface area contributed by atoms with Gasteiger partial charge in [0.15, 0.2) is 0 Å². The lowest BCUT2D eigenvalue weighted by Crippen LogP contribution is -2.28. The molecule has 0 atom stereocenters. The third kappa shape index (κ3) is 2.68. The van der Waals surface area contributed by atoms with E-state index in [1.807, 2.05) is 0 Å². The number of methoxy groups -OCH3 is 1. The van der Waals surface area contributed by atoms with Crippen molar-refractivity contribution in [3.8, 4) is 0 Å². The minimum Gasteiger partial charge on any atom is -0.370 e. The van der Waals surface area contributed by atoms with Crippen LogP contribution in [0, 0.1) is 0 Å². The van der Waals surface area contributed by atoms with Gasteiger partial charge in [-0.1, -0.05) is 5.16 Å². The first kappa shape index (κ1) is 13.0. The van der Waals surface area contributed by atoms with E-state index in [9.17, 15) is 4.79 Å². The Kier molecular flexibility index (Phi) is 3.93. The highest BCUT2D eigenvalue weighted by Gasteiger charge is 2.40. The number of carbonyl (C=O) groups is 1. The van der Waals surface area contributed by atoms with E-state index in [0.717, 1.165) is 25.7 Å². The molecule has 18 heavy (non-hydrogen) atoms. The number of ether oxygens (including phenoxy) is 1. The predicted molar refractivity (Wildman–Crippen MR) is 62.4 cm³/mol. The molecule has 2 rings (SSSR count). The van der Waals surface area contributed by atoms with E-state index in [2.05, 4.69) is 15.5 Å². The lowest BCUT2D eigenvalue weighted by atomic mass is 10.0. The third-order valence-corrected chi connectivity index (χ3v) is 3.25. The summed E-state index contributed by atoms with van der Waals surface area (Å²) in [6.45, 7) is 0.420. The molecule has 1 aliphatic rings. The van der Waals surface area contributed by atoms with Crippen molar-refractivity contribution in [2.45, 2.75) is 37.8 Å². The number of primary amides is 1. The highest BCUT2D eigenvalue weighted by Crippen LogP contribution is 2.39. The van der Waals surface area contributed by atoms with Crippen molar-refractivity contribution < 1.29 is 14.1 Å². The number of carbonyl (C=O) groups excluding carboxylic acids is 1. The molecule has 1 aromatic rings. The molecule has 3 N–H and O–H groups in total. The first-order valence-corrected chi connectivity index (χ1v) is 6.03. The fraction of sp³-hybridized carbons (Fsp3) is 0.727. The Hall–Kier alpha value is -1.47. The van der Waals surface area contributed by atoms with E-state index < -0.39 is 11.5 Å². The van der Waals surface area contributed by atoms with E-state index in [1.54, 1.807) is 7.11 Å². The van der Waals surface area contributed by atoms with Crippen LogP contribution in [-0.2, 0) is 21.7 Å². The van der Waals surface area contributed by atoms with Crippen molar-refractivity contribution in [3.05, 3.63) is 11.7 Å². The van der Waals surface area contributed by atoms with Gasteiger partial charge >= 0.3 is 0 Å². The Balaban J connectivity index is 1.98. The van der Waals surface area contributed by atoms with Crippen molar-refractivity contribution in [1.82, 2.24) is 15.5 Å². The van der Waals surface area contributed by atoms with Gasteiger partial charge in [0, 0.05) is 7.11 Å². The molecule has 0 aliphatic heterocycles. The van der Waals surface area contributed by atoms with E-state index in [4.69, 9.17) is 15.0 Å². The number of nitrogens with two attached hydrogens (primary N) is 1. The molecular formula is C11H18N4O3. The Bertz CT molecular complexity index is 412. The number of aromatic nitrogens is 2. The number of amides is 1. The van der Waals surface area contributed by atoms with Crippen molar-refractivity contribution in [1.29, 1.82) is 0 Å². The molecule has 0 spiro atoms. The zero-order chi connectivity index (χ0) is 13.0. The van der Waals surface area contributed by atoms with Gasteiger partial charge in [-0.15, -0.1) is 0 Å². The molecule has 1 amide bonds. The molecular weight excluding hydrogens is 236 g/mol. The van der Waals surface area contributed by atoms with Gasteiger partial charge in [-0.05, 0) is 25.7 Å². The van der Waals surface area contributed by atoms with Gasteiger partial charge in [-0.25, -0.2) is 0 Å². The van der Waals surface area contributed by atoms with Crippen LogP contribution in [0.15, 0.2) is 4.52 Å². The Morgan fingerprint density at radius 3 is 2.89 bits per heavy atom. The van der Waals surface area contributed by atoms with Crippen molar-refractivity contribution >= 4 is 5.91 Å². The SMILES string of the molecule is COC1(c2noc(CNCC(N)=O)n2)CCCC1. The van der Waals surface area contributed by atoms with Crippen LogP contribution in [0.5, 0.6) is 0 Å². The molecule has 0 aromatic carbocycles. The van der Waals surface area contributed by atoms with E-state index >= 15 is 0 Å². The van der Waals surface area contributed by atoms with Crippen LogP contribution >= 0.6 is 0 Å². The maximum atomic E-state index is 10.6. The average Bonchev–Trinajstić information content (AvgIpc) is 2.97. The highest BCUT2D eigenvalue weighted by molar-refractivity contribution is 5.75. The van der Waals surface area contributed by atoms with Gasteiger partial charge in [-0.3, -0.25) is 10.1 Å². The molecule has 0 radical (unpaired) electrons. The molecule has 7 nitrogen and oxygen atoms in total. The smallest absolute Gasteiger partial charge is 0.240 e. The standard InChI is InChI=1S/C11H18N4O3/c1-17-11(4-2-3-5-11)10-14-9(18-15-10)7-13-6-8(12)16/h13H,2-7H2,1H3,(H2,12,16). The Morgan fingerprint density at radius 2 is 2.28 bits per heavy atom. The average molecular weight is 254 g/mol. The molecule has 0 saturated heterocycles. The summed E-state index contributed by atoms with van der Waals surface area (Å²) in [6, 6.07) is 0. The summed E-state index contributed by atoms with van der Waals surface area (Å²) in [7, 11) is 1.67. The second-order valence-corrected chi connectivity index (χ2v) is 4.49. The van der Waals surface area contributed by atoms with Crippen molar-refractivity contribution in [2.75, 3.05) is 13.7 Å². The maximum Gasteiger partial charge on any atom is 0.240 e. The van der Waals surface area contributed by atoms with Crippen LogP contribution in [0.3, 0.4) is 0 Å². The van der Waals surface area contributed by atoms with Crippen LogP contribution in [0.2, 0.25) is 0 Å². The molecule has 1 saturated carbocycles. The van der Waals surface area contributed by atoms with Gasteiger partial charge in [0.2, 0.25) is 17.6 Å². The normalized spacial score (nSPS) is 18.1. The number of hydrogen-bond donors (Lipinski definition) is 2. The molecule has 100 valence electrons. The summed E-state index contributed by atoms with van der Waals surface area (Å²) in [5.74, 6) is 0.617. The molecule has 1 heterocycles. The molecule has 0 unspecified atom stereocenters. The summed E-state index contributed by atoms with van der Waals surface area (Å²) in [5, 5.41) is 6.80. The van der Waals surface area contributed by atoms with Gasteiger partial charge < -0.3 is 15.0 Å². The predicted octanol–water partition coefficient (Wildman–Crippen LogP) is 0.0602. The third-order valence-electron chi connectivity index (χ3n) is 3.25. The van der Waals surface area contributed by atoms with Gasteiger partial charge in [-0.2, -0.15) is 4.98 Å². The summed E-state index contributed by atoms with van der Waals surface area (Å²) < 4.78 is 10.7. The number of nitrogens with one attached hydrogen (secondary N) is 1. The zero-order valence-corrected chi connectivity index (χ0v) is 10.4. The molecule has 1 aliphatic carbocycles. The monoisotopic (exact) mass is 254 g/mol. The Labute approximate surface area is 105 Å². The van der Waals surface area contributed by atoms with Crippen LogP contribution in [0.25, 0.3) is 0 Å². The van der Waals surface area contributed by atoms with Crippen LogP contribution < -0.4 is 11.1 Å². The van der Waals surface area contributed by atoms with Gasteiger partial charge in [0.25, 0.3) is 0 Å². The van der Waals surface area contributed by atoms with E-state index in [1.165, 1.54) is 0 Å². The lowest BCUT2D eigenvalue weighted by Gasteiger charge is -2.22. The van der Waals surface area contributed by atoms with Crippen LogP contribution in [0.1, 0.15) is 37.4 Å². The van der Waals surface area contributed by atoms with Gasteiger partial charge in [0.05, 0.1) is 13.1 Å². The summed E-state index contributed by atoms with van der Waals surface area (Å²) >= 11 is 0. The van der Waals surface area contributed by atoms with E-state index in [0.29, 0.717) is 18.3 Å². The minimum absolute atomic E-state index is 0.0904. The lowest BCUT2D eigenvalue weighted by molar-refractivity contribution is -0.117. The second kappa shape index (κ2) is 5.45. The summed E-state index contributed by atoms with van der Waals surface area (Å²) in [5.41, 5.74) is 4.62. The maximum absolute atomic E-state index is 10.6. The first-order chi connectivity index (χ1) is 8.66. The highest BCUT2D eigenvalue weighted by atomic mass is 16.5. The van der Waals surface area contributed by atoms with Crippen molar-refractivity contribution in [2.24, 2.45) is 5.73 Å². The number of nitrogens with zero attached hydrogens (tertiary/aromatic N) is 2. The molecule has 0 bridgehead atoms. The summed E-state index contributed by atoms with van der Waals surface area (Å²) in [6.07, 6.45) is 4.05. The van der Waals surface area contributed by atoms with Crippen LogP contribution in [0.4, 0.5) is 0 Å². The molecule has 1 fully saturated rings. The van der Waals surface area contributed by atoms with Gasteiger partial charge in [0.1, 0.15) is 5.60 Å². The number of hydrogen-bond acceptors (Lipinski definition) is 6. The number of rotatable bonds is 6. The fourth-order valence-corrected chi connectivity index (χ4v) is 2.27. The summed E-state index contributed by atoms with van der Waals surface area (Å²) in [4.78, 5) is 14.9. The second-order valence-electron chi connectivity index (χ2n) is 4.49.